The number of ether oxygens (including phenoxy) is 2. The number of furan rings is 1. The molecule has 0 bridgehead atoms. The van der Waals surface area contributed by atoms with Crippen molar-refractivity contribution in [2.45, 2.75) is 19.4 Å². The monoisotopic (exact) mass is 465 g/mol. The van der Waals surface area contributed by atoms with E-state index < -0.39 is 4.92 Å². The number of nitrogens with zero attached hydrogens (tertiary/aromatic N) is 5. The lowest BCUT2D eigenvalue weighted by atomic mass is 10.1. The first-order valence-corrected chi connectivity index (χ1v) is 10.8. The third-order valence-corrected chi connectivity index (χ3v) is 5.96. The van der Waals surface area contributed by atoms with Crippen molar-refractivity contribution in [1.29, 1.82) is 0 Å². The van der Waals surface area contributed by atoms with Crippen LogP contribution in [0.15, 0.2) is 51.7 Å². The van der Waals surface area contributed by atoms with Crippen molar-refractivity contribution < 1.29 is 23.4 Å². The third-order valence-electron chi connectivity index (χ3n) is 5.96. The molecule has 1 aliphatic heterocycles. The first-order valence-electron chi connectivity index (χ1n) is 10.8. The van der Waals surface area contributed by atoms with E-state index in [9.17, 15) is 10.1 Å². The zero-order valence-corrected chi connectivity index (χ0v) is 18.8. The van der Waals surface area contributed by atoms with E-state index in [1.165, 1.54) is 0 Å². The molecule has 1 aliphatic rings. The first kappa shape index (κ1) is 21.6. The minimum atomic E-state index is -0.419. The molecule has 3 heterocycles. The Labute approximate surface area is 194 Å². The summed E-state index contributed by atoms with van der Waals surface area (Å²) < 4.78 is 21.5. The van der Waals surface area contributed by atoms with Crippen molar-refractivity contribution in [3.05, 3.63) is 58.5 Å². The smallest absolute Gasteiger partial charge is 0.323 e. The van der Waals surface area contributed by atoms with Gasteiger partial charge in [0.1, 0.15) is 11.4 Å². The highest BCUT2D eigenvalue weighted by Gasteiger charge is 2.32. The third kappa shape index (κ3) is 3.74. The van der Waals surface area contributed by atoms with Crippen LogP contribution in [0.4, 0.5) is 22.7 Å². The molecule has 0 spiro atoms. The predicted octanol–water partition coefficient (Wildman–Crippen LogP) is 4.68. The maximum Gasteiger partial charge on any atom is 0.323 e. The molecule has 0 radical (unpaired) electrons. The molecule has 176 valence electrons. The van der Waals surface area contributed by atoms with Crippen LogP contribution < -0.4 is 19.3 Å². The van der Waals surface area contributed by atoms with Crippen molar-refractivity contribution in [1.82, 2.24) is 10.3 Å². The summed E-state index contributed by atoms with van der Waals surface area (Å²) in [4.78, 5) is 15.6. The number of fused-ring (bicyclic) bond motifs is 1. The van der Waals surface area contributed by atoms with Crippen molar-refractivity contribution in [2.24, 2.45) is 0 Å². The van der Waals surface area contributed by atoms with Gasteiger partial charge in [0.15, 0.2) is 17.0 Å². The summed E-state index contributed by atoms with van der Waals surface area (Å²) in [6.07, 6.45) is 3.53. The zero-order valence-electron chi connectivity index (χ0n) is 18.8. The van der Waals surface area contributed by atoms with Gasteiger partial charge in [-0.05, 0) is 53.5 Å². The van der Waals surface area contributed by atoms with E-state index >= 15 is 0 Å². The predicted molar refractivity (Wildman–Crippen MR) is 124 cm³/mol. The molecule has 0 amide bonds. The minimum absolute atomic E-state index is 0.104. The van der Waals surface area contributed by atoms with E-state index in [0.717, 1.165) is 31.6 Å². The Morgan fingerprint density at radius 2 is 1.85 bits per heavy atom. The fraction of sp³-hybridized carbons (Fsp3) is 0.304. The molecule has 11 nitrogen and oxygen atoms in total. The SMILES string of the molecule is COc1ccc(N(Cc2ccco2)c2cc(N3CCCC3)c([N+](=O)[O-])c3nonc23)cc1OC. The number of hydrogen-bond acceptors (Lipinski definition) is 10. The number of anilines is 3. The van der Waals surface area contributed by atoms with E-state index in [1.54, 1.807) is 38.7 Å². The molecule has 11 heteroatoms. The molecular formula is C23H23N5O6. The van der Waals surface area contributed by atoms with Crippen molar-refractivity contribution in [3.8, 4) is 11.5 Å². The van der Waals surface area contributed by atoms with Gasteiger partial charge in [0.2, 0.25) is 5.52 Å². The molecule has 1 saturated heterocycles. The van der Waals surface area contributed by atoms with Crippen LogP contribution in [-0.4, -0.2) is 42.5 Å². The summed E-state index contributed by atoms with van der Waals surface area (Å²) in [6.45, 7) is 1.79. The average molecular weight is 465 g/mol. The molecule has 34 heavy (non-hydrogen) atoms. The van der Waals surface area contributed by atoms with Crippen molar-refractivity contribution in [2.75, 3.05) is 37.1 Å². The Morgan fingerprint density at radius 1 is 1.09 bits per heavy atom. The Morgan fingerprint density at radius 3 is 2.53 bits per heavy atom. The normalized spacial score (nSPS) is 13.4. The largest absolute Gasteiger partial charge is 0.493 e. The highest BCUT2D eigenvalue weighted by Crippen LogP contribution is 2.44. The van der Waals surface area contributed by atoms with E-state index in [4.69, 9.17) is 18.5 Å². The summed E-state index contributed by atoms with van der Waals surface area (Å²) in [5.74, 6) is 1.82. The fourth-order valence-electron chi connectivity index (χ4n) is 4.35. The molecule has 0 aliphatic carbocycles. The van der Waals surface area contributed by atoms with Gasteiger partial charge in [0.05, 0.1) is 37.6 Å². The highest BCUT2D eigenvalue weighted by atomic mass is 16.6. The van der Waals surface area contributed by atoms with Gasteiger partial charge in [0, 0.05) is 24.8 Å². The van der Waals surface area contributed by atoms with E-state index in [-0.39, 0.29) is 16.7 Å². The fourth-order valence-corrected chi connectivity index (χ4v) is 4.35. The average Bonchev–Trinajstić information content (AvgIpc) is 3.63. The van der Waals surface area contributed by atoms with Crippen LogP contribution in [0.5, 0.6) is 11.5 Å². The van der Waals surface area contributed by atoms with Crippen LogP contribution in [0.1, 0.15) is 18.6 Å². The molecule has 0 saturated carbocycles. The Balaban J connectivity index is 1.73. The number of nitro benzene ring substituents is 1. The second kappa shape index (κ2) is 8.93. The maximum atomic E-state index is 12.1. The van der Waals surface area contributed by atoms with Gasteiger partial charge >= 0.3 is 5.69 Å². The zero-order chi connectivity index (χ0) is 23.7. The molecule has 1 fully saturated rings. The molecule has 0 unspecified atom stereocenters. The topological polar surface area (TPSA) is 120 Å². The lowest BCUT2D eigenvalue weighted by molar-refractivity contribution is -0.382. The number of hydrogen-bond donors (Lipinski definition) is 0. The second-order valence-corrected chi connectivity index (χ2v) is 7.88. The maximum absolute atomic E-state index is 12.1. The second-order valence-electron chi connectivity index (χ2n) is 7.88. The van der Waals surface area contributed by atoms with Crippen LogP contribution in [0.25, 0.3) is 11.0 Å². The van der Waals surface area contributed by atoms with Crippen LogP contribution in [0.2, 0.25) is 0 Å². The summed E-state index contributed by atoms with van der Waals surface area (Å²) in [7, 11) is 3.14. The van der Waals surface area contributed by atoms with Crippen molar-refractivity contribution >= 4 is 33.8 Å². The van der Waals surface area contributed by atoms with Gasteiger partial charge < -0.3 is 23.7 Å². The molecule has 2 aromatic heterocycles. The van der Waals surface area contributed by atoms with E-state index in [0.29, 0.717) is 35.2 Å². The van der Waals surface area contributed by atoms with Crippen LogP contribution in [0.3, 0.4) is 0 Å². The Bertz CT molecular complexity index is 1310. The number of rotatable bonds is 8. The van der Waals surface area contributed by atoms with Gasteiger partial charge in [0.25, 0.3) is 0 Å². The Hall–Kier alpha value is -4.28. The summed E-state index contributed by atoms with van der Waals surface area (Å²) in [5.41, 5.74) is 2.13. The number of aromatic nitrogens is 2. The quantitative estimate of drug-likeness (QED) is 0.268. The van der Waals surface area contributed by atoms with Gasteiger partial charge in [-0.3, -0.25) is 10.1 Å². The van der Waals surface area contributed by atoms with Gasteiger partial charge in [-0.1, -0.05) is 0 Å². The number of benzene rings is 2. The number of nitro groups is 1. The first-order chi connectivity index (χ1) is 16.6. The molecule has 4 aromatic rings. The number of methoxy groups -OCH3 is 2. The van der Waals surface area contributed by atoms with E-state index in [1.807, 2.05) is 28.0 Å². The van der Waals surface area contributed by atoms with Crippen LogP contribution in [0, 0.1) is 10.1 Å². The molecule has 2 aromatic carbocycles. The van der Waals surface area contributed by atoms with Crippen LogP contribution >= 0.6 is 0 Å². The Kier molecular flexibility index (Phi) is 5.66. The lowest BCUT2D eigenvalue weighted by Gasteiger charge is -2.27. The minimum Gasteiger partial charge on any atom is -0.493 e. The van der Waals surface area contributed by atoms with E-state index in [2.05, 4.69) is 10.3 Å². The van der Waals surface area contributed by atoms with Gasteiger partial charge in [-0.25, -0.2) is 4.63 Å². The molecular weight excluding hydrogens is 442 g/mol. The lowest BCUT2D eigenvalue weighted by Crippen LogP contribution is -2.21. The van der Waals surface area contributed by atoms with Gasteiger partial charge in [-0.15, -0.1) is 0 Å². The van der Waals surface area contributed by atoms with Crippen LogP contribution in [-0.2, 0) is 6.54 Å². The summed E-state index contributed by atoms with van der Waals surface area (Å²) in [5, 5.41) is 20.0. The summed E-state index contributed by atoms with van der Waals surface area (Å²) in [6, 6.07) is 11.0. The highest BCUT2D eigenvalue weighted by molar-refractivity contribution is 6.01. The molecule has 5 rings (SSSR count). The van der Waals surface area contributed by atoms with Crippen molar-refractivity contribution in [3.63, 3.8) is 0 Å². The molecule has 0 N–H and O–H groups in total. The standard InChI is InChI=1S/C23H23N5O6/c1-31-19-8-7-15(12-20(19)32-2)27(14-16-6-5-11-33-16)17-13-18(26-9-3-4-10-26)23(28(29)30)22-21(17)24-34-25-22/h5-8,11-13H,3-4,9-10,14H2,1-2H3. The molecule has 0 atom stereocenters. The summed E-state index contributed by atoms with van der Waals surface area (Å²) >= 11 is 0. The van der Waals surface area contributed by atoms with Gasteiger partial charge in [-0.2, -0.15) is 0 Å².